The number of esters is 2. The number of cyclic esters (lactones) is 1. The number of hydrogen-bond acceptors (Lipinski definition) is 7. The molecule has 1 aliphatic heterocycles. The van der Waals surface area contributed by atoms with Gasteiger partial charge in [0.05, 0.1) is 17.6 Å². The summed E-state index contributed by atoms with van der Waals surface area (Å²) in [5.41, 5.74) is 0.351. The molecular formula is C20H14ClNO7. The van der Waals surface area contributed by atoms with Crippen LogP contribution in [0.4, 0.5) is 5.69 Å². The summed E-state index contributed by atoms with van der Waals surface area (Å²) in [5, 5.41) is 11.4. The number of rotatable bonds is 5. The molecule has 2 aromatic carbocycles. The Balaban J connectivity index is 2.06. The molecule has 0 spiro atoms. The molecule has 8 nitrogen and oxygen atoms in total. The van der Waals surface area contributed by atoms with Crippen LogP contribution in [0.1, 0.15) is 18.1 Å². The third-order valence-corrected chi connectivity index (χ3v) is 4.13. The molecular weight excluding hydrogens is 402 g/mol. The third-order valence-electron chi connectivity index (χ3n) is 3.92. The van der Waals surface area contributed by atoms with Crippen molar-refractivity contribution in [1.82, 2.24) is 0 Å². The first-order valence-electron chi connectivity index (χ1n) is 8.25. The zero-order chi connectivity index (χ0) is 21.1. The number of carbonyl (C=O) groups is 2. The summed E-state index contributed by atoms with van der Waals surface area (Å²) in [4.78, 5) is 34.3. The summed E-state index contributed by atoms with van der Waals surface area (Å²) in [5.74, 6) is -0.773. The van der Waals surface area contributed by atoms with Crippen molar-refractivity contribution in [2.24, 2.45) is 0 Å². The predicted octanol–water partition coefficient (Wildman–Crippen LogP) is 4.16. The van der Waals surface area contributed by atoms with Crippen LogP contribution in [-0.4, -0.2) is 24.0 Å². The highest BCUT2D eigenvalue weighted by Crippen LogP contribution is 2.37. The second-order valence-electron chi connectivity index (χ2n) is 5.92. The van der Waals surface area contributed by atoms with Gasteiger partial charge in [-0.1, -0.05) is 11.6 Å². The Hall–Kier alpha value is -3.65. The number of hydrogen-bond donors (Lipinski definition) is 0. The average molecular weight is 416 g/mol. The van der Waals surface area contributed by atoms with Gasteiger partial charge in [0.2, 0.25) is 5.75 Å². The number of methoxy groups -OCH3 is 1. The zero-order valence-electron chi connectivity index (χ0n) is 15.3. The number of nitro benzene ring substituents is 1. The van der Waals surface area contributed by atoms with E-state index in [9.17, 15) is 19.7 Å². The molecule has 3 rings (SSSR count). The molecule has 0 N–H and O–H groups in total. The maximum absolute atomic E-state index is 12.3. The minimum absolute atomic E-state index is 0.0465. The molecule has 1 aliphatic rings. The van der Waals surface area contributed by atoms with Gasteiger partial charge in [0, 0.05) is 29.1 Å². The monoisotopic (exact) mass is 415 g/mol. The van der Waals surface area contributed by atoms with Crippen LogP contribution >= 0.6 is 11.6 Å². The molecule has 9 heteroatoms. The van der Waals surface area contributed by atoms with Crippen molar-refractivity contribution in [3.05, 3.63) is 74.3 Å². The highest BCUT2D eigenvalue weighted by molar-refractivity contribution is 6.31. The van der Waals surface area contributed by atoms with Crippen LogP contribution in [0.25, 0.3) is 11.8 Å². The fourth-order valence-corrected chi connectivity index (χ4v) is 2.87. The van der Waals surface area contributed by atoms with Crippen LogP contribution in [-0.2, 0) is 14.3 Å². The molecule has 0 aliphatic carbocycles. The van der Waals surface area contributed by atoms with Gasteiger partial charge < -0.3 is 14.2 Å². The van der Waals surface area contributed by atoms with Gasteiger partial charge in [-0.3, -0.25) is 14.9 Å². The number of benzene rings is 2. The Bertz CT molecular complexity index is 1070. The quantitative estimate of drug-likeness (QED) is 0.237. The summed E-state index contributed by atoms with van der Waals surface area (Å²) in [6, 6.07) is 9.28. The van der Waals surface area contributed by atoms with E-state index in [0.717, 1.165) is 13.0 Å². The van der Waals surface area contributed by atoms with E-state index in [1.54, 1.807) is 24.3 Å². The van der Waals surface area contributed by atoms with Gasteiger partial charge >= 0.3 is 17.6 Å². The van der Waals surface area contributed by atoms with Crippen molar-refractivity contribution in [3.8, 4) is 11.5 Å². The highest BCUT2D eigenvalue weighted by Gasteiger charge is 2.26. The predicted molar refractivity (Wildman–Crippen MR) is 104 cm³/mol. The van der Waals surface area contributed by atoms with Crippen LogP contribution in [0.15, 0.2) is 48.0 Å². The van der Waals surface area contributed by atoms with E-state index in [1.165, 1.54) is 25.3 Å². The first kappa shape index (κ1) is 20.1. The van der Waals surface area contributed by atoms with Crippen molar-refractivity contribution in [1.29, 1.82) is 0 Å². The topological polar surface area (TPSA) is 105 Å². The average Bonchev–Trinajstić information content (AvgIpc) is 3.03. The lowest BCUT2D eigenvalue weighted by Crippen LogP contribution is -2.06. The first-order valence-corrected chi connectivity index (χ1v) is 8.62. The van der Waals surface area contributed by atoms with E-state index in [4.69, 9.17) is 25.8 Å². The van der Waals surface area contributed by atoms with Crippen LogP contribution in [0, 0.1) is 10.1 Å². The summed E-state index contributed by atoms with van der Waals surface area (Å²) in [6.45, 7) is 1.11. The van der Waals surface area contributed by atoms with Gasteiger partial charge in [0.25, 0.3) is 0 Å². The number of ether oxygens (including phenoxy) is 3. The molecule has 0 fully saturated rings. The summed E-state index contributed by atoms with van der Waals surface area (Å²) >= 11 is 5.96. The highest BCUT2D eigenvalue weighted by atomic mass is 35.5. The Morgan fingerprint density at radius 1 is 1.24 bits per heavy atom. The van der Waals surface area contributed by atoms with E-state index in [-0.39, 0.29) is 21.9 Å². The molecule has 148 valence electrons. The van der Waals surface area contributed by atoms with E-state index in [1.807, 2.05) is 0 Å². The number of nitro groups is 1. The van der Waals surface area contributed by atoms with Crippen molar-refractivity contribution < 1.29 is 28.7 Å². The Morgan fingerprint density at radius 3 is 2.52 bits per heavy atom. The van der Waals surface area contributed by atoms with Gasteiger partial charge in [-0.05, 0) is 42.5 Å². The zero-order valence-corrected chi connectivity index (χ0v) is 16.1. The molecule has 1 heterocycles. The van der Waals surface area contributed by atoms with Crippen molar-refractivity contribution in [2.45, 2.75) is 6.92 Å². The van der Waals surface area contributed by atoms with E-state index >= 15 is 0 Å². The summed E-state index contributed by atoms with van der Waals surface area (Å²) in [6.07, 6.45) is 2.80. The van der Waals surface area contributed by atoms with Crippen LogP contribution in [0.3, 0.4) is 0 Å². The molecule has 2 aromatic rings. The molecule has 0 saturated heterocycles. The van der Waals surface area contributed by atoms with Gasteiger partial charge in [-0.25, -0.2) is 4.79 Å². The smallest absolute Gasteiger partial charge is 0.343 e. The minimum Gasteiger partial charge on any atom is -0.497 e. The third kappa shape index (κ3) is 4.44. The maximum atomic E-state index is 12.3. The van der Waals surface area contributed by atoms with Crippen LogP contribution < -0.4 is 9.47 Å². The van der Waals surface area contributed by atoms with E-state index < -0.39 is 22.5 Å². The largest absolute Gasteiger partial charge is 0.497 e. The minimum atomic E-state index is -0.751. The second kappa shape index (κ2) is 8.15. The number of halogens is 1. The summed E-state index contributed by atoms with van der Waals surface area (Å²) in [7, 11) is 1.54. The Labute approximate surface area is 170 Å². The van der Waals surface area contributed by atoms with Crippen molar-refractivity contribution >= 4 is 41.1 Å². The van der Waals surface area contributed by atoms with Crippen LogP contribution in [0.2, 0.25) is 5.02 Å². The van der Waals surface area contributed by atoms with Crippen molar-refractivity contribution in [2.75, 3.05) is 7.11 Å². The molecule has 0 amide bonds. The lowest BCUT2D eigenvalue weighted by molar-refractivity contribution is -0.385. The lowest BCUT2D eigenvalue weighted by atomic mass is 10.1. The standard InChI is InChI=1S/C20H14ClNO7/c1-11(23)28-19-13(8-15(21)10-17(19)22(25)26)7-14-9-18(29-20(14)24)12-3-5-16(27-2)6-4-12/h3-10H,1-2H3/b14-7-. The lowest BCUT2D eigenvalue weighted by Gasteiger charge is -2.07. The number of carbonyl (C=O) groups excluding carboxylic acids is 2. The Kier molecular flexibility index (Phi) is 5.65. The molecule has 0 bridgehead atoms. The van der Waals surface area contributed by atoms with E-state index in [2.05, 4.69) is 0 Å². The van der Waals surface area contributed by atoms with Crippen LogP contribution in [0.5, 0.6) is 11.5 Å². The van der Waals surface area contributed by atoms with Crippen molar-refractivity contribution in [3.63, 3.8) is 0 Å². The normalized spacial score (nSPS) is 14.4. The number of nitrogens with zero attached hydrogens (tertiary/aromatic N) is 1. The second-order valence-corrected chi connectivity index (χ2v) is 6.36. The van der Waals surface area contributed by atoms with Gasteiger partial charge in [-0.15, -0.1) is 0 Å². The molecule has 29 heavy (non-hydrogen) atoms. The molecule has 0 unspecified atom stereocenters. The van der Waals surface area contributed by atoms with Gasteiger partial charge in [-0.2, -0.15) is 0 Å². The molecule has 0 aromatic heterocycles. The molecule has 0 saturated carbocycles. The maximum Gasteiger partial charge on any atom is 0.343 e. The molecule has 0 radical (unpaired) electrons. The van der Waals surface area contributed by atoms with Gasteiger partial charge in [0.1, 0.15) is 11.5 Å². The SMILES string of the molecule is COc1ccc(C2=C/C(=C/c3cc(Cl)cc([N+](=O)[O-])c3OC(C)=O)C(=O)O2)cc1. The fraction of sp³-hybridized carbons (Fsp3) is 0.100. The first-order chi connectivity index (χ1) is 13.8. The summed E-state index contributed by atoms with van der Waals surface area (Å²) < 4.78 is 15.4. The molecule has 0 atom stereocenters. The Morgan fingerprint density at radius 2 is 1.93 bits per heavy atom. The fourth-order valence-electron chi connectivity index (χ4n) is 2.65. The van der Waals surface area contributed by atoms with E-state index in [0.29, 0.717) is 17.1 Å². The van der Waals surface area contributed by atoms with Gasteiger partial charge in [0.15, 0.2) is 0 Å².